The van der Waals surface area contributed by atoms with Gasteiger partial charge in [0.1, 0.15) is 27.8 Å². The summed E-state index contributed by atoms with van der Waals surface area (Å²) in [6.07, 6.45) is 3.38. The Bertz CT molecular complexity index is 1350. The summed E-state index contributed by atoms with van der Waals surface area (Å²) in [5, 5.41) is 9.53. The van der Waals surface area contributed by atoms with E-state index in [1.165, 1.54) is 32.7 Å². The van der Waals surface area contributed by atoms with Crippen LogP contribution in [0.15, 0.2) is 27.8 Å². The van der Waals surface area contributed by atoms with Crippen molar-refractivity contribution < 1.29 is 36.6 Å². The monoisotopic (exact) mass is 521 g/mol. The van der Waals surface area contributed by atoms with E-state index >= 15 is 0 Å². The lowest BCUT2D eigenvalue weighted by Gasteiger charge is -2.11. The highest BCUT2D eigenvalue weighted by molar-refractivity contribution is 7.91. The van der Waals surface area contributed by atoms with Crippen LogP contribution in [-0.4, -0.2) is 57.6 Å². The van der Waals surface area contributed by atoms with Gasteiger partial charge in [0.2, 0.25) is 15.7 Å². The number of carbonyl (C=O) groups excluding carboxylic acids is 2. The zero-order chi connectivity index (χ0) is 25.2. The van der Waals surface area contributed by atoms with Gasteiger partial charge in [-0.2, -0.15) is 0 Å². The standard InChI is InChI=1S/C22H23N3O8S2/c1-30-13-8-6-9-14(31-2)18(13)19-24-25-22(33-19)35(28,29)11-16(26)23-20-17(21(27)32-3)12-7-4-5-10-15(12)34-20/h6,8-9H,4-5,7,10-11H2,1-3H3,(H,23,26). The number of carbonyl (C=O) groups is 2. The smallest absolute Gasteiger partial charge is 0.341 e. The largest absolute Gasteiger partial charge is 0.496 e. The molecule has 0 unspecified atom stereocenters. The Labute approximate surface area is 205 Å². The number of esters is 1. The van der Waals surface area contributed by atoms with Crippen molar-refractivity contribution in [1.82, 2.24) is 10.2 Å². The van der Waals surface area contributed by atoms with Crippen molar-refractivity contribution in [2.45, 2.75) is 30.9 Å². The maximum Gasteiger partial charge on any atom is 0.341 e. The zero-order valence-electron chi connectivity index (χ0n) is 19.2. The highest BCUT2D eigenvalue weighted by atomic mass is 32.2. The molecule has 2 aromatic heterocycles. The van der Waals surface area contributed by atoms with Gasteiger partial charge in [0.25, 0.3) is 5.89 Å². The lowest BCUT2D eigenvalue weighted by atomic mass is 9.95. The fourth-order valence-electron chi connectivity index (χ4n) is 3.87. The van der Waals surface area contributed by atoms with Gasteiger partial charge < -0.3 is 23.9 Å². The van der Waals surface area contributed by atoms with Crippen LogP contribution in [0, 0.1) is 0 Å². The second-order valence-corrected chi connectivity index (χ2v) is 10.6. The SMILES string of the molecule is COC(=O)c1c(NC(=O)CS(=O)(=O)c2nnc(-c3c(OC)cccc3OC)o2)sc2c1CCCC2. The molecule has 0 saturated carbocycles. The molecule has 1 aromatic carbocycles. The molecule has 11 nitrogen and oxygen atoms in total. The van der Waals surface area contributed by atoms with Gasteiger partial charge in [-0.1, -0.05) is 11.2 Å². The number of methoxy groups -OCH3 is 3. The molecule has 0 aliphatic heterocycles. The fourth-order valence-corrected chi connectivity index (χ4v) is 6.07. The zero-order valence-corrected chi connectivity index (χ0v) is 20.9. The summed E-state index contributed by atoms with van der Waals surface area (Å²) in [7, 11) is -0.169. The summed E-state index contributed by atoms with van der Waals surface area (Å²) in [4.78, 5) is 26.0. The van der Waals surface area contributed by atoms with Crippen LogP contribution >= 0.6 is 11.3 Å². The summed E-state index contributed by atoms with van der Waals surface area (Å²) in [5.74, 6) is -1.84. The molecule has 0 radical (unpaired) electrons. The Morgan fingerprint density at radius 1 is 1.09 bits per heavy atom. The first-order valence-corrected chi connectivity index (χ1v) is 13.1. The summed E-state index contributed by atoms with van der Waals surface area (Å²) in [6, 6.07) is 4.94. The molecule has 1 aliphatic rings. The predicted octanol–water partition coefficient (Wildman–Crippen LogP) is 2.89. The van der Waals surface area contributed by atoms with Crippen LogP contribution in [-0.2, 0) is 32.2 Å². The number of thiophene rings is 1. The van der Waals surface area contributed by atoms with Crippen LogP contribution in [0.4, 0.5) is 5.00 Å². The number of nitrogens with zero attached hydrogens (tertiary/aromatic N) is 2. The molecular weight excluding hydrogens is 498 g/mol. The number of rotatable bonds is 8. The minimum Gasteiger partial charge on any atom is -0.496 e. The van der Waals surface area contributed by atoms with Gasteiger partial charge in [0, 0.05) is 4.88 Å². The number of anilines is 1. The fraction of sp³-hybridized carbons (Fsp3) is 0.364. The Kier molecular flexibility index (Phi) is 7.08. The van der Waals surface area contributed by atoms with Gasteiger partial charge in [-0.15, -0.1) is 16.4 Å². The van der Waals surface area contributed by atoms with E-state index in [9.17, 15) is 18.0 Å². The first-order valence-electron chi connectivity index (χ1n) is 10.6. The van der Waals surface area contributed by atoms with Crippen LogP contribution in [0.5, 0.6) is 11.5 Å². The lowest BCUT2D eigenvalue weighted by Crippen LogP contribution is -2.24. The second-order valence-electron chi connectivity index (χ2n) is 7.62. The maximum atomic E-state index is 12.8. The summed E-state index contributed by atoms with van der Waals surface area (Å²) in [6.45, 7) is 0. The van der Waals surface area contributed by atoms with Crippen LogP contribution in [0.3, 0.4) is 0 Å². The molecule has 0 fully saturated rings. The third kappa shape index (κ3) is 4.86. The number of aryl methyl sites for hydroxylation is 1. The predicted molar refractivity (Wildman–Crippen MR) is 126 cm³/mol. The van der Waals surface area contributed by atoms with Crippen molar-refractivity contribution in [1.29, 1.82) is 0 Å². The number of amides is 1. The van der Waals surface area contributed by atoms with Gasteiger partial charge in [-0.05, 0) is 43.4 Å². The highest BCUT2D eigenvalue weighted by Crippen LogP contribution is 2.39. The van der Waals surface area contributed by atoms with Gasteiger partial charge in [-0.25, -0.2) is 13.2 Å². The van der Waals surface area contributed by atoms with Crippen molar-refractivity contribution >= 4 is 38.1 Å². The number of aromatic nitrogens is 2. The molecule has 0 atom stereocenters. The van der Waals surface area contributed by atoms with Gasteiger partial charge in [-0.3, -0.25) is 4.79 Å². The van der Waals surface area contributed by atoms with E-state index < -0.39 is 32.7 Å². The molecule has 1 amide bonds. The van der Waals surface area contributed by atoms with Crippen LogP contribution < -0.4 is 14.8 Å². The van der Waals surface area contributed by atoms with Crippen molar-refractivity contribution in [3.8, 4) is 23.0 Å². The van der Waals surface area contributed by atoms with Crippen LogP contribution in [0.25, 0.3) is 11.5 Å². The number of hydrogen-bond donors (Lipinski definition) is 1. The minimum atomic E-state index is -4.29. The Morgan fingerprint density at radius 3 is 2.43 bits per heavy atom. The highest BCUT2D eigenvalue weighted by Gasteiger charge is 2.31. The number of nitrogens with one attached hydrogen (secondary N) is 1. The number of benzene rings is 1. The van der Waals surface area contributed by atoms with Gasteiger partial charge >= 0.3 is 11.2 Å². The Hall–Kier alpha value is -3.45. The summed E-state index contributed by atoms with van der Waals surface area (Å²) in [5.41, 5.74) is 1.41. The second kappa shape index (κ2) is 10.0. The summed E-state index contributed by atoms with van der Waals surface area (Å²) >= 11 is 1.26. The van der Waals surface area contributed by atoms with Crippen LogP contribution in [0.1, 0.15) is 33.6 Å². The van der Waals surface area contributed by atoms with Crippen molar-refractivity contribution in [2.24, 2.45) is 0 Å². The molecular formula is C22H23N3O8S2. The third-order valence-corrected chi connectivity index (χ3v) is 8.00. The molecule has 0 spiro atoms. The normalized spacial score (nSPS) is 13.1. The molecule has 2 heterocycles. The third-order valence-electron chi connectivity index (χ3n) is 5.45. The number of fused-ring (bicyclic) bond motifs is 1. The van der Waals surface area contributed by atoms with E-state index in [1.807, 2.05) is 0 Å². The van der Waals surface area contributed by atoms with E-state index in [-0.39, 0.29) is 22.0 Å². The molecule has 1 aliphatic carbocycles. The first kappa shape index (κ1) is 24.7. The number of ether oxygens (including phenoxy) is 3. The molecule has 0 bridgehead atoms. The van der Waals surface area contributed by atoms with Gasteiger partial charge in [0.15, 0.2) is 0 Å². The molecule has 186 valence electrons. The molecule has 0 saturated heterocycles. The van der Waals surface area contributed by atoms with Crippen molar-refractivity contribution in [2.75, 3.05) is 32.4 Å². The van der Waals surface area contributed by atoms with Gasteiger partial charge in [0.05, 0.1) is 26.9 Å². The van der Waals surface area contributed by atoms with Crippen molar-refractivity contribution in [3.63, 3.8) is 0 Å². The van der Waals surface area contributed by atoms with Crippen molar-refractivity contribution in [3.05, 3.63) is 34.2 Å². The first-order chi connectivity index (χ1) is 16.8. The summed E-state index contributed by atoms with van der Waals surface area (Å²) < 4.78 is 46.5. The molecule has 3 aromatic rings. The number of sulfone groups is 1. The van der Waals surface area contributed by atoms with E-state index in [0.29, 0.717) is 17.9 Å². The quantitative estimate of drug-likeness (QED) is 0.439. The maximum absolute atomic E-state index is 12.8. The molecule has 4 rings (SSSR count). The Morgan fingerprint density at radius 2 is 1.77 bits per heavy atom. The number of hydrogen-bond acceptors (Lipinski definition) is 11. The average Bonchev–Trinajstić information content (AvgIpc) is 3.48. The van der Waals surface area contributed by atoms with E-state index in [0.717, 1.165) is 29.7 Å². The van der Waals surface area contributed by atoms with E-state index in [4.69, 9.17) is 18.6 Å². The molecule has 1 N–H and O–H groups in total. The lowest BCUT2D eigenvalue weighted by molar-refractivity contribution is -0.113. The molecule has 35 heavy (non-hydrogen) atoms. The van der Waals surface area contributed by atoms with Crippen LogP contribution in [0.2, 0.25) is 0 Å². The minimum absolute atomic E-state index is 0.141. The average molecular weight is 522 g/mol. The van der Waals surface area contributed by atoms with E-state index in [1.54, 1.807) is 18.2 Å². The Balaban J connectivity index is 1.57. The topological polar surface area (TPSA) is 147 Å². The molecule has 13 heteroatoms. The van der Waals surface area contributed by atoms with E-state index in [2.05, 4.69) is 15.5 Å².